The van der Waals surface area contributed by atoms with E-state index in [-0.39, 0.29) is 11.9 Å². The molecule has 4 aromatic carbocycles. The van der Waals surface area contributed by atoms with Crippen LogP contribution >= 0.6 is 0 Å². The molecule has 1 amide bonds. The number of hydrogen-bond acceptors (Lipinski definition) is 3. The Morgan fingerprint density at radius 2 is 1.29 bits per heavy atom. The number of carbonyl (C=O) groups is 1. The Balaban J connectivity index is 1.29. The van der Waals surface area contributed by atoms with Gasteiger partial charge in [-0.1, -0.05) is 109 Å². The van der Waals surface area contributed by atoms with E-state index in [1.54, 1.807) is 0 Å². The fraction of sp³-hybridized carbons (Fsp3) is 0.176. The van der Waals surface area contributed by atoms with E-state index in [1.165, 1.54) is 11.1 Å². The third kappa shape index (κ3) is 4.71. The molecule has 0 unspecified atom stereocenters. The van der Waals surface area contributed by atoms with E-state index in [1.807, 2.05) is 53.4 Å². The van der Waals surface area contributed by atoms with Gasteiger partial charge in [0.1, 0.15) is 0 Å². The maximum absolute atomic E-state index is 14.0. The van der Waals surface area contributed by atoms with Crippen molar-refractivity contribution in [3.05, 3.63) is 138 Å². The molecule has 188 valence electrons. The first-order valence-electron chi connectivity index (χ1n) is 13.3. The number of fused-ring (bicyclic) bond motifs is 1. The van der Waals surface area contributed by atoms with Crippen LogP contribution in [0.4, 0.5) is 0 Å². The molecule has 0 atom stereocenters. The summed E-state index contributed by atoms with van der Waals surface area (Å²) in [5.41, 5.74) is 7.11. The predicted octanol–water partition coefficient (Wildman–Crippen LogP) is 6.76. The molecule has 4 heteroatoms. The molecule has 2 heterocycles. The van der Waals surface area contributed by atoms with Crippen molar-refractivity contribution in [2.24, 2.45) is 0 Å². The highest BCUT2D eigenvalue weighted by molar-refractivity contribution is 6.07. The van der Waals surface area contributed by atoms with E-state index in [0.29, 0.717) is 13.1 Å². The lowest BCUT2D eigenvalue weighted by atomic mass is 9.96. The van der Waals surface area contributed by atoms with Gasteiger partial charge in [0.25, 0.3) is 5.91 Å². The lowest BCUT2D eigenvalue weighted by Crippen LogP contribution is -2.49. The Labute approximate surface area is 224 Å². The molecule has 0 radical (unpaired) electrons. The van der Waals surface area contributed by atoms with E-state index in [9.17, 15) is 4.79 Å². The third-order valence-corrected chi connectivity index (χ3v) is 7.54. The molecule has 1 fully saturated rings. The fourth-order valence-corrected chi connectivity index (χ4v) is 5.56. The molecule has 1 aliphatic heterocycles. The third-order valence-electron chi connectivity index (χ3n) is 7.54. The van der Waals surface area contributed by atoms with Gasteiger partial charge in [-0.25, -0.2) is 4.98 Å². The standard InChI is InChI=1S/C34H31N3O/c1-25-12-11-19-29-30(24-31(35-32(25)29)26-13-5-2-6-14-26)34(38)37-22-20-36(21-23-37)33(27-15-7-3-8-16-27)28-17-9-4-10-18-28/h2-19,24,33H,20-23H2,1H3. The summed E-state index contributed by atoms with van der Waals surface area (Å²) in [6, 6.07) is 39.7. The summed E-state index contributed by atoms with van der Waals surface area (Å²) in [6.45, 7) is 5.06. The molecule has 0 bridgehead atoms. The first-order chi connectivity index (χ1) is 18.7. The SMILES string of the molecule is Cc1cccc2c(C(=O)N3CCN(C(c4ccccc4)c4ccccc4)CC3)cc(-c3ccccc3)nc12. The molecule has 0 saturated carbocycles. The largest absolute Gasteiger partial charge is 0.336 e. The predicted molar refractivity (Wildman–Crippen MR) is 154 cm³/mol. The molecule has 4 nitrogen and oxygen atoms in total. The molecule has 0 N–H and O–H groups in total. The van der Waals surface area contributed by atoms with Gasteiger partial charge in [0.15, 0.2) is 0 Å². The molecule has 0 spiro atoms. The number of benzene rings is 4. The van der Waals surface area contributed by atoms with E-state index in [2.05, 4.69) is 78.6 Å². The molecular formula is C34H31N3O. The average Bonchev–Trinajstić information content (AvgIpc) is 2.99. The van der Waals surface area contributed by atoms with Crippen LogP contribution in [0.1, 0.15) is 33.1 Å². The van der Waals surface area contributed by atoms with E-state index in [4.69, 9.17) is 4.98 Å². The summed E-state index contributed by atoms with van der Waals surface area (Å²) < 4.78 is 0. The maximum Gasteiger partial charge on any atom is 0.254 e. The van der Waals surface area contributed by atoms with Crippen LogP contribution in [0, 0.1) is 6.92 Å². The number of aromatic nitrogens is 1. The van der Waals surface area contributed by atoms with E-state index < -0.39 is 0 Å². The van der Waals surface area contributed by atoms with Crippen LogP contribution in [-0.2, 0) is 0 Å². The summed E-state index contributed by atoms with van der Waals surface area (Å²) in [5.74, 6) is 0.0794. The van der Waals surface area contributed by atoms with Gasteiger partial charge < -0.3 is 4.90 Å². The summed E-state index contributed by atoms with van der Waals surface area (Å²) in [7, 11) is 0. The number of para-hydroxylation sites is 1. The van der Waals surface area contributed by atoms with Crippen LogP contribution in [0.3, 0.4) is 0 Å². The molecule has 1 saturated heterocycles. The topological polar surface area (TPSA) is 36.4 Å². The summed E-state index contributed by atoms with van der Waals surface area (Å²) >= 11 is 0. The van der Waals surface area contributed by atoms with Crippen molar-refractivity contribution < 1.29 is 4.79 Å². The second-order valence-electron chi connectivity index (χ2n) is 9.94. The Morgan fingerprint density at radius 1 is 0.711 bits per heavy atom. The van der Waals surface area contributed by atoms with Crippen LogP contribution in [0.25, 0.3) is 22.2 Å². The summed E-state index contributed by atoms with van der Waals surface area (Å²) in [4.78, 5) is 23.5. The lowest BCUT2D eigenvalue weighted by Gasteiger charge is -2.40. The Morgan fingerprint density at radius 3 is 1.89 bits per heavy atom. The van der Waals surface area contributed by atoms with E-state index in [0.717, 1.165) is 46.4 Å². The minimum Gasteiger partial charge on any atom is -0.336 e. The van der Waals surface area contributed by atoms with Crippen LogP contribution < -0.4 is 0 Å². The van der Waals surface area contributed by atoms with Crippen molar-refractivity contribution in [2.75, 3.05) is 26.2 Å². The lowest BCUT2D eigenvalue weighted by molar-refractivity contribution is 0.0599. The number of hydrogen-bond donors (Lipinski definition) is 0. The van der Waals surface area contributed by atoms with Crippen LogP contribution in [0.2, 0.25) is 0 Å². The molecule has 5 aromatic rings. The van der Waals surface area contributed by atoms with Crippen molar-refractivity contribution in [3.8, 4) is 11.3 Å². The van der Waals surface area contributed by atoms with Crippen molar-refractivity contribution in [2.45, 2.75) is 13.0 Å². The molecule has 1 aliphatic rings. The van der Waals surface area contributed by atoms with Gasteiger partial charge in [0.05, 0.1) is 22.8 Å². The normalized spacial score (nSPS) is 14.2. The Hall–Kier alpha value is -4.28. The second kappa shape index (κ2) is 10.6. The fourth-order valence-electron chi connectivity index (χ4n) is 5.56. The monoisotopic (exact) mass is 497 g/mol. The molecule has 6 rings (SSSR count). The van der Waals surface area contributed by atoms with Crippen molar-refractivity contribution in [3.63, 3.8) is 0 Å². The van der Waals surface area contributed by atoms with Gasteiger partial charge in [-0.05, 0) is 29.7 Å². The van der Waals surface area contributed by atoms with Crippen LogP contribution in [-0.4, -0.2) is 46.9 Å². The quantitative estimate of drug-likeness (QED) is 0.269. The first-order valence-corrected chi connectivity index (χ1v) is 13.3. The number of piperazine rings is 1. The second-order valence-corrected chi connectivity index (χ2v) is 9.94. The summed E-state index contributed by atoms with van der Waals surface area (Å²) in [5, 5.41) is 0.920. The zero-order valence-corrected chi connectivity index (χ0v) is 21.6. The highest BCUT2D eigenvalue weighted by atomic mass is 16.2. The van der Waals surface area contributed by atoms with Gasteiger partial charge in [-0.3, -0.25) is 9.69 Å². The molecular weight excluding hydrogens is 466 g/mol. The smallest absolute Gasteiger partial charge is 0.254 e. The number of aryl methyl sites for hydroxylation is 1. The van der Waals surface area contributed by atoms with Gasteiger partial charge in [0.2, 0.25) is 0 Å². The van der Waals surface area contributed by atoms with Gasteiger partial charge in [0, 0.05) is 37.1 Å². The molecule has 1 aromatic heterocycles. The number of rotatable bonds is 5. The maximum atomic E-state index is 14.0. The van der Waals surface area contributed by atoms with Gasteiger partial charge in [-0.15, -0.1) is 0 Å². The number of nitrogens with zero attached hydrogens (tertiary/aromatic N) is 3. The first kappa shape index (κ1) is 24.1. The minimum atomic E-state index is 0.0794. The van der Waals surface area contributed by atoms with Gasteiger partial charge in [-0.2, -0.15) is 0 Å². The Bertz CT molecular complexity index is 1500. The zero-order valence-electron chi connectivity index (χ0n) is 21.6. The highest BCUT2D eigenvalue weighted by Gasteiger charge is 2.29. The highest BCUT2D eigenvalue weighted by Crippen LogP contribution is 2.31. The van der Waals surface area contributed by atoms with Crippen molar-refractivity contribution >= 4 is 16.8 Å². The average molecular weight is 498 g/mol. The number of pyridine rings is 1. The number of carbonyl (C=O) groups excluding carboxylic acids is 1. The number of amides is 1. The molecule has 38 heavy (non-hydrogen) atoms. The van der Waals surface area contributed by atoms with Crippen LogP contribution in [0.15, 0.2) is 115 Å². The van der Waals surface area contributed by atoms with Crippen LogP contribution in [0.5, 0.6) is 0 Å². The zero-order chi connectivity index (χ0) is 25.9. The van der Waals surface area contributed by atoms with Crippen molar-refractivity contribution in [1.82, 2.24) is 14.8 Å². The Kier molecular flexibility index (Phi) is 6.72. The summed E-state index contributed by atoms with van der Waals surface area (Å²) in [6.07, 6.45) is 0. The van der Waals surface area contributed by atoms with E-state index >= 15 is 0 Å². The van der Waals surface area contributed by atoms with Crippen molar-refractivity contribution in [1.29, 1.82) is 0 Å². The minimum absolute atomic E-state index is 0.0794. The van der Waals surface area contributed by atoms with Gasteiger partial charge >= 0.3 is 0 Å². The molecule has 0 aliphatic carbocycles.